The van der Waals surface area contributed by atoms with Crippen LogP contribution >= 0.6 is 0 Å². The van der Waals surface area contributed by atoms with E-state index in [1.54, 1.807) is 0 Å². The predicted octanol–water partition coefficient (Wildman–Crippen LogP) is 2.44. The Kier molecular flexibility index (Phi) is 16.6. The SMILES string of the molecule is CCOC(CN1C=CN(C)[CH-]1)OCC.CCOC(CN1C=CN(C)[CH-]1)OCC.[Ag]. The largest absolute Gasteiger partial charge is 0.511 e. The summed E-state index contributed by atoms with van der Waals surface area (Å²) < 4.78 is 21.8. The summed E-state index contributed by atoms with van der Waals surface area (Å²) in [7, 11) is 3.99. The fraction of sp³-hybridized carbons (Fsp3) is 0.700. The summed E-state index contributed by atoms with van der Waals surface area (Å²) in [6.45, 7) is 16.1. The first-order valence-electron chi connectivity index (χ1n) is 10.0. The van der Waals surface area contributed by atoms with Gasteiger partial charge in [0, 0.05) is 61.9 Å². The molecule has 2 rings (SSSR count). The van der Waals surface area contributed by atoms with Crippen LogP contribution in [0.5, 0.6) is 0 Å². The fourth-order valence-corrected chi connectivity index (χ4v) is 2.61. The van der Waals surface area contributed by atoms with Crippen molar-refractivity contribution in [3.8, 4) is 0 Å². The van der Waals surface area contributed by atoms with Gasteiger partial charge in [0.05, 0.1) is 0 Å². The average molecular weight is 506 g/mol. The molecule has 2 heterocycles. The molecule has 1 radical (unpaired) electrons. The van der Waals surface area contributed by atoms with Crippen LogP contribution < -0.4 is 0 Å². The van der Waals surface area contributed by atoms with Crippen molar-refractivity contribution in [3.63, 3.8) is 0 Å². The molecule has 0 atom stereocenters. The molecular formula is C20H38AgN4O4-2. The van der Waals surface area contributed by atoms with Gasteiger partial charge in [0.15, 0.2) is 12.6 Å². The van der Waals surface area contributed by atoms with Crippen LogP contribution in [0.25, 0.3) is 0 Å². The molecule has 0 aliphatic carbocycles. The number of hydrogen-bond donors (Lipinski definition) is 0. The molecule has 9 heteroatoms. The second-order valence-electron chi connectivity index (χ2n) is 6.23. The molecule has 0 aromatic rings. The van der Waals surface area contributed by atoms with E-state index in [4.69, 9.17) is 18.9 Å². The van der Waals surface area contributed by atoms with Crippen molar-refractivity contribution in [1.29, 1.82) is 0 Å². The topological polar surface area (TPSA) is 49.9 Å². The van der Waals surface area contributed by atoms with E-state index in [1.165, 1.54) is 0 Å². The third kappa shape index (κ3) is 12.5. The van der Waals surface area contributed by atoms with E-state index in [0.29, 0.717) is 26.4 Å². The van der Waals surface area contributed by atoms with Crippen molar-refractivity contribution in [2.75, 3.05) is 53.6 Å². The molecule has 8 nitrogen and oxygen atoms in total. The Morgan fingerprint density at radius 2 is 0.931 bits per heavy atom. The van der Waals surface area contributed by atoms with Gasteiger partial charge in [0.25, 0.3) is 0 Å². The minimum absolute atomic E-state index is 0. The summed E-state index contributed by atoms with van der Waals surface area (Å²) in [5.74, 6) is 0. The normalized spacial score (nSPS) is 15.4. The van der Waals surface area contributed by atoms with Crippen LogP contribution in [0, 0.1) is 13.3 Å². The minimum Gasteiger partial charge on any atom is -0.511 e. The zero-order valence-electron chi connectivity index (χ0n) is 18.6. The third-order valence-corrected chi connectivity index (χ3v) is 3.78. The van der Waals surface area contributed by atoms with Crippen LogP contribution in [0.3, 0.4) is 0 Å². The average Bonchev–Trinajstić information content (AvgIpc) is 3.24. The minimum atomic E-state index is -0.141. The van der Waals surface area contributed by atoms with Gasteiger partial charge in [-0.1, -0.05) is 0 Å². The number of nitrogens with zero attached hydrogens (tertiary/aromatic N) is 4. The summed E-state index contributed by atoms with van der Waals surface area (Å²) in [5, 5.41) is 0. The zero-order chi connectivity index (χ0) is 20.8. The molecule has 0 spiro atoms. The molecule has 175 valence electrons. The number of rotatable bonds is 12. The summed E-state index contributed by atoms with van der Waals surface area (Å²) in [6, 6.07) is 0. The van der Waals surface area contributed by atoms with Crippen molar-refractivity contribution in [1.82, 2.24) is 19.6 Å². The second-order valence-corrected chi connectivity index (χ2v) is 6.23. The number of ether oxygens (including phenoxy) is 4. The maximum Gasteiger partial charge on any atom is 0.172 e. The van der Waals surface area contributed by atoms with Crippen molar-refractivity contribution in [2.24, 2.45) is 0 Å². The van der Waals surface area contributed by atoms with E-state index >= 15 is 0 Å². The van der Waals surface area contributed by atoms with Gasteiger partial charge in [0.2, 0.25) is 0 Å². The monoisotopic (exact) mass is 505 g/mol. The van der Waals surface area contributed by atoms with E-state index in [2.05, 4.69) is 9.80 Å². The van der Waals surface area contributed by atoms with E-state index in [0.717, 1.165) is 13.1 Å². The quantitative estimate of drug-likeness (QED) is 0.227. The van der Waals surface area contributed by atoms with Gasteiger partial charge in [-0.3, -0.25) is 0 Å². The summed E-state index contributed by atoms with van der Waals surface area (Å²) in [5.41, 5.74) is 0. The molecule has 0 saturated carbocycles. The van der Waals surface area contributed by atoms with E-state index < -0.39 is 0 Å². The van der Waals surface area contributed by atoms with Gasteiger partial charge >= 0.3 is 0 Å². The molecule has 0 fully saturated rings. The van der Waals surface area contributed by atoms with Crippen LogP contribution in [0.15, 0.2) is 24.8 Å². The Hall–Kier alpha value is -0.740. The smallest absolute Gasteiger partial charge is 0.172 e. The van der Waals surface area contributed by atoms with Crippen LogP contribution in [0.4, 0.5) is 0 Å². The van der Waals surface area contributed by atoms with E-state index in [9.17, 15) is 0 Å². The Bertz CT molecular complexity index is 404. The molecule has 2 aliphatic heterocycles. The van der Waals surface area contributed by atoms with Crippen molar-refractivity contribution in [3.05, 3.63) is 38.1 Å². The molecule has 2 aliphatic rings. The van der Waals surface area contributed by atoms with Crippen LogP contribution in [0.2, 0.25) is 0 Å². The van der Waals surface area contributed by atoms with Gasteiger partial charge in [-0.05, 0) is 66.6 Å². The van der Waals surface area contributed by atoms with Crippen molar-refractivity contribution < 1.29 is 41.3 Å². The summed E-state index contributed by atoms with van der Waals surface area (Å²) in [4.78, 5) is 8.09. The van der Waals surface area contributed by atoms with Crippen LogP contribution in [-0.2, 0) is 41.3 Å². The molecule has 0 amide bonds. The summed E-state index contributed by atoms with van der Waals surface area (Å²) in [6.07, 6.45) is 7.72. The van der Waals surface area contributed by atoms with Gasteiger partial charge < -0.3 is 38.5 Å². The molecular weight excluding hydrogens is 468 g/mol. The first kappa shape index (κ1) is 28.3. The molecule has 0 bridgehead atoms. The molecule has 0 saturated heterocycles. The molecule has 0 aromatic heterocycles. The zero-order valence-corrected chi connectivity index (χ0v) is 20.1. The van der Waals surface area contributed by atoms with Crippen molar-refractivity contribution in [2.45, 2.75) is 40.3 Å². The van der Waals surface area contributed by atoms with Gasteiger partial charge in [-0.2, -0.15) is 13.3 Å². The Morgan fingerprint density at radius 1 is 0.621 bits per heavy atom. The van der Waals surface area contributed by atoms with Gasteiger partial charge in [0.1, 0.15) is 0 Å². The first-order chi connectivity index (χ1) is 13.5. The van der Waals surface area contributed by atoms with Crippen LogP contribution in [-0.4, -0.2) is 85.8 Å². The van der Waals surface area contributed by atoms with E-state index in [-0.39, 0.29) is 35.0 Å². The fourth-order valence-electron chi connectivity index (χ4n) is 2.61. The maximum atomic E-state index is 5.44. The summed E-state index contributed by atoms with van der Waals surface area (Å²) >= 11 is 0. The number of hydrogen-bond acceptors (Lipinski definition) is 8. The standard InChI is InChI=1S/2C10H19N2O2.Ag/c2*1-4-13-10(14-5-2)8-12-7-6-11(3)9-12;/h2*6-7,9-10H,4-5,8H2,1-3H3;/q2*-1;. The Balaban J connectivity index is 0.000000523. The predicted molar refractivity (Wildman–Crippen MR) is 110 cm³/mol. The van der Waals surface area contributed by atoms with Gasteiger partial charge in [-0.25, -0.2) is 0 Å². The second kappa shape index (κ2) is 17.0. The molecule has 0 N–H and O–H groups in total. The molecule has 0 unspecified atom stereocenters. The maximum absolute atomic E-state index is 5.44. The van der Waals surface area contributed by atoms with Crippen molar-refractivity contribution >= 4 is 0 Å². The Labute approximate surface area is 192 Å². The third-order valence-electron chi connectivity index (χ3n) is 3.78. The van der Waals surface area contributed by atoms with Crippen LogP contribution in [0.1, 0.15) is 27.7 Å². The Morgan fingerprint density at radius 3 is 1.14 bits per heavy atom. The molecule has 29 heavy (non-hydrogen) atoms. The van der Waals surface area contributed by atoms with E-state index in [1.807, 2.05) is 89.7 Å². The molecule has 0 aromatic carbocycles. The first-order valence-corrected chi connectivity index (χ1v) is 10.0. The van der Waals surface area contributed by atoms with Gasteiger partial charge in [-0.15, -0.1) is 0 Å².